The third-order valence-corrected chi connectivity index (χ3v) is 3.40. The lowest BCUT2D eigenvalue weighted by Crippen LogP contribution is -2.04. The number of halogens is 1. The van der Waals surface area contributed by atoms with Crippen molar-refractivity contribution in [1.29, 1.82) is 0 Å². The highest BCUT2D eigenvalue weighted by Gasteiger charge is 2.10. The van der Waals surface area contributed by atoms with Crippen LogP contribution in [-0.2, 0) is 6.42 Å². The van der Waals surface area contributed by atoms with Crippen LogP contribution in [0.15, 0.2) is 36.4 Å². The Hall–Kier alpha value is -2.03. The third-order valence-electron chi connectivity index (χ3n) is 3.40. The predicted octanol–water partition coefficient (Wildman–Crippen LogP) is 4.34. The highest BCUT2D eigenvalue weighted by atomic mass is 19.0. The molecule has 0 aliphatic carbocycles. The zero-order chi connectivity index (χ0) is 13.1. The summed E-state index contributed by atoms with van der Waals surface area (Å²) in [7, 11) is 0. The van der Waals surface area contributed by atoms with Crippen LogP contribution in [0, 0.1) is 13.8 Å². The maximum absolute atomic E-state index is 6.25. The molecule has 3 heteroatoms. The fraction of sp³-hybridized carbons (Fsp3) is 0.250. The second-order valence-electron chi connectivity index (χ2n) is 4.61. The van der Waals surface area contributed by atoms with Gasteiger partial charge in [-0.25, -0.2) is 0 Å². The van der Waals surface area contributed by atoms with Gasteiger partial charge in [-0.3, -0.25) is 4.70 Å². The summed E-state index contributed by atoms with van der Waals surface area (Å²) in [5, 5.41) is 3.43. The van der Waals surface area contributed by atoms with Gasteiger partial charge < -0.3 is 11.1 Å². The molecule has 2 nitrogen and oxygen atoms in total. The van der Waals surface area contributed by atoms with Crippen LogP contribution in [0.5, 0.6) is 0 Å². The fourth-order valence-corrected chi connectivity index (χ4v) is 2.13. The van der Waals surface area contributed by atoms with E-state index in [4.69, 9.17) is 5.73 Å². The summed E-state index contributed by atoms with van der Waals surface area (Å²) >= 11 is 0. The van der Waals surface area contributed by atoms with Gasteiger partial charge in [0.2, 0.25) is 0 Å². The number of nitrogens with two attached hydrogens (primary N) is 1. The highest BCUT2D eigenvalue weighted by molar-refractivity contribution is 5.79. The van der Waals surface area contributed by atoms with Crippen LogP contribution < -0.4 is 11.1 Å². The molecule has 0 heterocycles. The third kappa shape index (κ3) is 3.05. The first-order valence-corrected chi connectivity index (χ1v) is 6.34. The number of hydrogen-bond acceptors (Lipinski definition) is 2. The molecular formula is C16H21FN2. The van der Waals surface area contributed by atoms with Crippen LogP contribution in [0.2, 0.25) is 0 Å². The predicted molar refractivity (Wildman–Crippen MR) is 81.9 cm³/mol. The van der Waals surface area contributed by atoms with E-state index in [2.05, 4.69) is 32.2 Å². The first-order valence-electron chi connectivity index (χ1n) is 6.34. The molecule has 0 aliphatic rings. The molecule has 0 aromatic heterocycles. The Balaban J connectivity index is 0.00000180. The van der Waals surface area contributed by atoms with Crippen molar-refractivity contribution in [3.8, 4) is 0 Å². The maximum Gasteiger partial charge on any atom is 0.0653 e. The average Bonchev–Trinajstić information content (AvgIpc) is 2.40. The van der Waals surface area contributed by atoms with Crippen molar-refractivity contribution < 1.29 is 4.70 Å². The molecule has 2 rings (SSSR count). The number of anilines is 3. The second kappa shape index (κ2) is 6.23. The van der Waals surface area contributed by atoms with Crippen molar-refractivity contribution in [2.24, 2.45) is 0 Å². The maximum atomic E-state index is 6.25. The zero-order valence-electron chi connectivity index (χ0n) is 11.7. The molecule has 0 saturated heterocycles. The molecule has 2 aromatic carbocycles. The first kappa shape index (κ1) is 15.0. The van der Waals surface area contributed by atoms with Crippen molar-refractivity contribution in [3.05, 3.63) is 53.1 Å². The molecule has 0 radical (unpaired) electrons. The number of rotatable bonds is 3. The smallest absolute Gasteiger partial charge is 0.0653 e. The largest absolute Gasteiger partial charge is 0.397 e. The van der Waals surface area contributed by atoms with Gasteiger partial charge >= 0.3 is 0 Å². The van der Waals surface area contributed by atoms with Crippen LogP contribution in [0.3, 0.4) is 0 Å². The van der Waals surface area contributed by atoms with E-state index in [-0.39, 0.29) is 4.70 Å². The minimum absolute atomic E-state index is 0. The minimum Gasteiger partial charge on any atom is -0.397 e. The van der Waals surface area contributed by atoms with Gasteiger partial charge in [0.05, 0.1) is 11.4 Å². The lowest BCUT2D eigenvalue weighted by atomic mass is 9.99. The minimum atomic E-state index is 0. The number of benzene rings is 2. The van der Waals surface area contributed by atoms with E-state index in [0.29, 0.717) is 0 Å². The molecule has 0 atom stereocenters. The van der Waals surface area contributed by atoms with Crippen molar-refractivity contribution in [1.82, 2.24) is 0 Å². The lowest BCUT2D eigenvalue weighted by molar-refractivity contribution is 1.11. The van der Waals surface area contributed by atoms with Gasteiger partial charge in [0.15, 0.2) is 0 Å². The summed E-state index contributed by atoms with van der Waals surface area (Å²) in [6.45, 7) is 6.37. The lowest BCUT2D eigenvalue weighted by Gasteiger charge is -2.17. The number of nitrogens with one attached hydrogen (secondary N) is 1. The standard InChI is InChI=1S/C16H20N2.FH/c1-4-13-10-11(2)12(3)16(15(13)17)18-14-8-6-5-7-9-14;/h5-10,18H,4,17H2,1-3H3;1H. The van der Waals surface area contributed by atoms with Crippen LogP contribution in [0.25, 0.3) is 0 Å². The first-order chi connectivity index (χ1) is 8.63. The van der Waals surface area contributed by atoms with Crippen LogP contribution in [-0.4, -0.2) is 0 Å². The van der Waals surface area contributed by atoms with Gasteiger partial charge in [-0.2, -0.15) is 0 Å². The van der Waals surface area contributed by atoms with Crippen molar-refractivity contribution >= 4 is 17.1 Å². The Labute approximate surface area is 114 Å². The normalized spacial score (nSPS) is 9.84. The van der Waals surface area contributed by atoms with E-state index < -0.39 is 0 Å². The summed E-state index contributed by atoms with van der Waals surface area (Å²) in [6.07, 6.45) is 0.955. The SMILES string of the molecule is CCc1cc(C)c(C)c(Nc2ccccc2)c1N.F. The Morgan fingerprint density at radius 3 is 2.32 bits per heavy atom. The highest BCUT2D eigenvalue weighted by Crippen LogP contribution is 2.32. The van der Waals surface area contributed by atoms with E-state index in [1.165, 1.54) is 16.7 Å². The molecule has 19 heavy (non-hydrogen) atoms. The summed E-state index contributed by atoms with van der Waals surface area (Å²) in [5.41, 5.74) is 12.9. The van der Waals surface area contributed by atoms with Gasteiger partial charge in [-0.1, -0.05) is 31.2 Å². The molecule has 0 fully saturated rings. The Kier molecular flexibility index (Phi) is 4.93. The van der Waals surface area contributed by atoms with Gasteiger partial charge in [0.25, 0.3) is 0 Å². The van der Waals surface area contributed by atoms with Crippen molar-refractivity contribution in [3.63, 3.8) is 0 Å². The van der Waals surface area contributed by atoms with E-state index in [1.807, 2.05) is 30.3 Å². The van der Waals surface area contributed by atoms with Gasteiger partial charge in [0.1, 0.15) is 0 Å². The molecule has 0 amide bonds. The molecule has 0 unspecified atom stereocenters. The zero-order valence-corrected chi connectivity index (χ0v) is 11.7. The quantitative estimate of drug-likeness (QED) is 0.805. The summed E-state index contributed by atoms with van der Waals surface area (Å²) in [5.74, 6) is 0. The molecule has 2 aromatic rings. The number of nitrogen functional groups attached to an aromatic ring is 1. The van der Waals surface area contributed by atoms with Gasteiger partial charge in [0, 0.05) is 5.69 Å². The van der Waals surface area contributed by atoms with Gasteiger partial charge in [-0.15, -0.1) is 0 Å². The molecule has 0 bridgehead atoms. The van der Waals surface area contributed by atoms with E-state index in [0.717, 1.165) is 23.5 Å². The van der Waals surface area contributed by atoms with Crippen molar-refractivity contribution in [2.45, 2.75) is 27.2 Å². The summed E-state index contributed by atoms with van der Waals surface area (Å²) < 4.78 is 0. The molecule has 0 spiro atoms. The second-order valence-corrected chi connectivity index (χ2v) is 4.61. The molecule has 0 aliphatic heterocycles. The number of para-hydroxylation sites is 1. The van der Waals surface area contributed by atoms with E-state index in [1.54, 1.807) is 0 Å². The van der Waals surface area contributed by atoms with Crippen molar-refractivity contribution in [2.75, 3.05) is 11.1 Å². The molecule has 102 valence electrons. The van der Waals surface area contributed by atoms with E-state index in [9.17, 15) is 0 Å². The average molecular weight is 260 g/mol. The number of hydrogen-bond donors (Lipinski definition) is 2. The van der Waals surface area contributed by atoms with Crippen LogP contribution >= 0.6 is 0 Å². The fourth-order valence-electron chi connectivity index (χ4n) is 2.13. The summed E-state index contributed by atoms with van der Waals surface area (Å²) in [6, 6.07) is 12.3. The number of aryl methyl sites for hydroxylation is 2. The molecular weight excluding hydrogens is 239 g/mol. The van der Waals surface area contributed by atoms with Crippen LogP contribution in [0.4, 0.5) is 21.8 Å². The van der Waals surface area contributed by atoms with Crippen LogP contribution in [0.1, 0.15) is 23.6 Å². The van der Waals surface area contributed by atoms with Gasteiger partial charge in [-0.05, 0) is 49.1 Å². The Morgan fingerprint density at radius 2 is 1.74 bits per heavy atom. The Morgan fingerprint density at radius 1 is 1.11 bits per heavy atom. The van der Waals surface area contributed by atoms with E-state index >= 15 is 0 Å². The molecule has 3 N–H and O–H groups in total. The Bertz CT molecular complexity index is 550. The summed E-state index contributed by atoms with van der Waals surface area (Å²) in [4.78, 5) is 0. The topological polar surface area (TPSA) is 38.0 Å². The monoisotopic (exact) mass is 260 g/mol. The molecule has 0 saturated carbocycles.